The van der Waals surface area contributed by atoms with Gasteiger partial charge in [0, 0.05) is 43.0 Å². The molecule has 0 bridgehead atoms. The summed E-state index contributed by atoms with van der Waals surface area (Å²) >= 11 is 0. The van der Waals surface area contributed by atoms with Crippen LogP contribution in [-0.4, -0.2) is 45.5 Å². The Balaban J connectivity index is 1.88. The number of nitrogens with one attached hydrogen (secondary N) is 1. The lowest BCUT2D eigenvalue weighted by Gasteiger charge is -2.33. The van der Waals surface area contributed by atoms with Gasteiger partial charge in [-0.2, -0.15) is 0 Å². The largest absolute Gasteiger partial charge is 0.339 e. The van der Waals surface area contributed by atoms with Crippen LogP contribution in [0.3, 0.4) is 0 Å². The minimum Gasteiger partial charge on any atom is -0.339 e. The number of rotatable bonds is 4. The van der Waals surface area contributed by atoms with Gasteiger partial charge in [-0.3, -0.25) is 9.78 Å². The van der Waals surface area contributed by atoms with Crippen LogP contribution in [0.5, 0.6) is 0 Å². The molecule has 1 aliphatic rings. The SMILES string of the molecule is CC1CC(c2cn(-c3ccc(F)cc3C(=O)N(C)C(C)C)c3cnccc23)C[C@H](C)N1. The Morgan fingerprint density at radius 1 is 1.23 bits per heavy atom. The molecule has 1 aliphatic heterocycles. The highest BCUT2D eigenvalue weighted by atomic mass is 19.1. The predicted molar refractivity (Wildman–Crippen MR) is 122 cm³/mol. The number of aromatic nitrogens is 2. The first kappa shape index (κ1) is 21.5. The molecule has 0 radical (unpaired) electrons. The Morgan fingerprint density at radius 2 is 1.94 bits per heavy atom. The maximum atomic E-state index is 14.2. The first-order chi connectivity index (χ1) is 14.8. The van der Waals surface area contributed by atoms with Crippen molar-refractivity contribution in [3.63, 3.8) is 0 Å². The summed E-state index contributed by atoms with van der Waals surface area (Å²) in [4.78, 5) is 19.2. The van der Waals surface area contributed by atoms with Crippen LogP contribution in [0, 0.1) is 5.82 Å². The molecule has 31 heavy (non-hydrogen) atoms. The van der Waals surface area contributed by atoms with E-state index in [1.165, 1.54) is 17.7 Å². The van der Waals surface area contributed by atoms with E-state index in [0.29, 0.717) is 29.3 Å². The highest BCUT2D eigenvalue weighted by Crippen LogP contribution is 2.37. The number of pyridine rings is 1. The molecule has 3 atom stereocenters. The molecule has 4 rings (SSSR count). The molecule has 3 aromatic rings. The van der Waals surface area contributed by atoms with Gasteiger partial charge in [-0.15, -0.1) is 0 Å². The topological polar surface area (TPSA) is 50.2 Å². The number of hydrogen-bond acceptors (Lipinski definition) is 3. The van der Waals surface area contributed by atoms with Crippen LogP contribution in [0.25, 0.3) is 16.6 Å². The van der Waals surface area contributed by atoms with Crippen molar-refractivity contribution in [3.05, 3.63) is 59.8 Å². The smallest absolute Gasteiger partial charge is 0.256 e. The Kier molecular flexibility index (Phi) is 5.84. The normalized spacial score (nSPS) is 21.6. The number of hydrogen-bond donors (Lipinski definition) is 1. The molecule has 2 unspecified atom stereocenters. The van der Waals surface area contributed by atoms with Crippen molar-refractivity contribution in [2.45, 2.75) is 64.6 Å². The summed E-state index contributed by atoms with van der Waals surface area (Å²) < 4.78 is 16.2. The number of carbonyl (C=O) groups excluding carboxylic acids is 1. The Labute approximate surface area is 183 Å². The lowest BCUT2D eigenvalue weighted by molar-refractivity contribution is 0.0754. The molecule has 1 amide bonds. The summed E-state index contributed by atoms with van der Waals surface area (Å²) in [5, 5.41) is 4.75. The van der Waals surface area contributed by atoms with Crippen molar-refractivity contribution >= 4 is 16.8 Å². The minimum absolute atomic E-state index is 0.0139. The van der Waals surface area contributed by atoms with E-state index >= 15 is 0 Å². The molecular formula is C25H31FN4O. The number of benzene rings is 1. The van der Waals surface area contributed by atoms with Crippen LogP contribution in [0.2, 0.25) is 0 Å². The van der Waals surface area contributed by atoms with E-state index in [1.807, 2.05) is 36.9 Å². The average molecular weight is 423 g/mol. The summed E-state index contributed by atoms with van der Waals surface area (Å²) in [5.41, 5.74) is 3.23. The first-order valence-electron chi connectivity index (χ1n) is 11.0. The minimum atomic E-state index is -0.417. The third-order valence-corrected chi connectivity index (χ3v) is 6.47. The summed E-state index contributed by atoms with van der Waals surface area (Å²) in [6, 6.07) is 7.39. The number of halogens is 1. The zero-order valence-electron chi connectivity index (χ0n) is 18.9. The van der Waals surface area contributed by atoms with Gasteiger partial charge in [0.15, 0.2) is 0 Å². The molecule has 1 N–H and O–H groups in total. The quantitative estimate of drug-likeness (QED) is 0.651. The summed E-state index contributed by atoms with van der Waals surface area (Å²) in [6.07, 6.45) is 7.87. The van der Waals surface area contributed by atoms with Gasteiger partial charge in [0.2, 0.25) is 0 Å². The van der Waals surface area contributed by atoms with Gasteiger partial charge < -0.3 is 14.8 Å². The molecule has 0 saturated carbocycles. The summed E-state index contributed by atoms with van der Waals surface area (Å²) in [6.45, 7) is 8.34. The fraction of sp³-hybridized carbons (Fsp3) is 0.440. The maximum Gasteiger partial charge on any atom is 0.256 e. The van der Waals surface area contributed by atoms with Crippen molar-refractivity contribution in [1.29, 1.82) is 0 Å². The van der Waals surface area contributed by atoms with E-state index in [1.54, 1.807) is 18.0 Å². The predicted octanol–water partition coefficient (Wildman–Crippen LogP) is 4.89. The molecule has 3 heterocycles. The second kappa shape index (κ2) is 8.42. The van der Waals surface area contributed by atoms with Gasteiger partial charge >= 0.3 is 0 Å². The molecule has 164 valence electrons. The van der Waals surface area contributed by atoms with Crippen LogP contribution in [-0.2, 0) is 0 Å². The van der Waals surface area contributed by atoms with Crippen LogP contribution < -0.4 is 5.32 Å². The standard InChI is InChI=1S/C25H31FN4O/c1-15(2)29(5)25(31)21-12-19(26)6-7-23(21)30-14-22(20-8-9-27-13-24(20)30)18-10-16(3)28-17(4)11-18/h6-9,12-18,28H,10-11H2,1-5H3/t16-,17?,18?/m0/s1. The zero-order chi connectivity index (χ0) is 22.3. The first-order valence-corrected chi connectivity index (χ1v) is 11.0. The highest BCUT2D eigenvalue weighted by Gasteiger charge is 2.28. The number of amides is 1. The van der Waals surface area contributed by atoms with Crippen LogP contribution in [0.4, 0.5) is 4.39 Å². The fourth-order valence-corrected chi connectivity index (χ4v) is 4.76. The Bertz CT molecular complexity index is 1100. The van der Waals surface area contributed by atoms with E-state index in [-0.39, 0.29) is 11.9 Å². The monoisotopic (exact) mass is 422 g/mol. The van der Waals surface area contributed by atoms with Crippen molar-refractivity contribution in [3.8, 4) is 5.69 Å². The molecule has 1 saturated heterocycles. The second-order valence-corrected chi connectivity index (χ2v) is 9.16. The van der Waals surface area contributed by atoms with Gasteiger partial charge in [0.05, 0.1) is 23.0 Å². The molecule has 1 fully saturated rings. The van der Waals surface area contributed by atoms with Gasteiger partial charge in [-0.05, 0) is 76.3 Å². The lowest BCUT2D eigenvalue weighted by Crippen LogP contribution is -2.41. The van der Waals surface area contributed by atoms with Crippen LogP contribution >= 0.6 is 0 Å². The third kappa shape index (κ3) is 4.09. The Morgan fingerprint density at radius 3 is 2.61 bits per heavy atom. The fourth-order valence-electron chi connectivity index (χ4n) is 4.76. The Hall–Kier alpha value is -2.73. The molecular weight excluding hydrogens is 391 g/mol. The van der Waals surface area contributed by atoms with E-state index in [2.05, 4.69) is 30.3 Å². The highest BCUT2D eigenvalue weighted by molar-refractivity contribution is 5.99. The second-order valence-electron chi connectivity index (χ2n) is 9.16. The zero-order valence-corrected chi connectivity index (χ0v) is 18.9. The molecule has 1 aromatic carbocycles. The van der Waals surface area contributed by atoms with E-state index in [4.69, 9.17) is 0 Å². The maximum absolute atomic E-state index is 14.2. The summed E-state index contributed by atoms with van der Waals surface area (Å²) in [7, 11) is 1.75. The van der Waals surface area contributed by atoms with Gasteiger partial charge in [0.25, 0.3) is 5.91 Å². The number of nitrogens with zero attached hydrogens (tertiary/aromatic N) is 3. The number of fused-ring (bicyclic) bond motifs is 1. The van der Waals surface area contributed by atoms with Gasteiger partial charge in [0.1, 0.15) is 5.82 Å². The van der Waals surface area contributed by atoms with E-state index in [9.17, 15) is 9.18 Å². The number of carbonyl (C=O) groups is 1. The molecule has 2 aromatic heterocycles. The van der Waals surface area contributed by atoms with Crippen molar-refractivity contribution in [1.82, 2.24) is 19.8 Å². The van der Waals surface area contributed by atoms with Crippen molar-refractivity contribution < 1.29 is 9.18 Å². The third-order valence-electron chi connectivity index (χ3n) is 6.47. The van der Waals surface area contributed by atoms with E-state index in [0.717, 1.165) is 23.7 Å². The van der Waals surface area contributed by atoms with Crippen LogP contribution in [0.15, 0.2) is 42.9 Å². The molecule has 0 spiro atoms. The van der Waals surface area contributed by atoms with Crippen LogP contribution in [0.1, 0.15) is 62.4 Å². The van der Waals surface area contributed by atoms with Crippen molar-refractivity contribution in [2.24, 2.45) is 0 Å². The van der Waals surface area contributed by atoms with Gasteiger partial charge in [-0.25, -0.2) is 4.39 Å². The van der Waals surface area contributed by atoms with Crippen molar-refractivity contribution in [2.75, 3.05) is 7.05 Å². The lowest BCUT2D eigenvalue weighted by atomic mass is 9.84. The van der Waals surface area contributed by atoms with E-state index < -0.39 is 5.82 Å². The molecule has 5 nitrogen and oxygen atoms in total. The number of piperidine rings is 1. The average Bonchev–Trinajstić information content (AvgIpc) is 3.11. The molecule has 6 heteroatoms. The molecule has 0 aliphatic carbocycles. The van der Waals surface area contributed by atoms with Gasteiger partial charge in [-0.1, -0.05) is 0 Å². The summed E-state index contributed by atoms with van der Waals surface area (Å²) in [5.74, 6) is -0.198.